The van der Waals surface area contributed by atoms with E-state index in [9.17, 15) is 23.5 Å². The second-order valence-electron chi connectivity index (χ2n) is 5.61. The van der Waals surface area contributed by atoms with Crippen LogP contribution >= 0.6 is 0 Å². The van der Waals surface area contributed by atoms with Gasteiger partial charge >= 0.3 is 6.09 Å². The first-order valence-corrected chi connectivity index (χ1v) is 7.95. The van der Waals surface area contributed by atoms with Crippen LogP contribution in [-0.2, 0) is 17.8 Å². The number of aromatic nitrogens is 1. The molecule has 0 aliphatic rings. The standard InChI is InChI=1S/C18H19F2N3O3/c19-16(20)11-22-17(24)15(10-13-4-2-1-3-5-13)23(18(25)26)12-14-6-8-21-9-7-14/h1-9,15-16H,10-12H2,(H,22,24)(H,25,26)/t15-/m0/s1. The second-order valence-corrected chi connectivity index (χ2v) is 5.61. The number of halogens is 2. The summed E-state index contributed by atoms with van der Waals surface area (Å²) in [6, 6.07) is 10.9. The van der Waals surface area contributed by atoms with E-state index in [0.717, 1.165) is 10.5 Å². The maximum absolute atomic E-state index is 12.4. The third kappa shape index (κ3) is 5.80. The van der Waals surface area contributed by atoms with Gasteiger partial charge in [-0.25, -0.2) is 13.6 Å². The van der Waals surface area contributed by atoms with Crippen LogP contribution in [0.3, 0.4) is 0 Å². The molecular weight excluding hydrogens is 344 g/mol. The predicted octanol–water partition coefficient (Wildman–Crippen LogP) is 2.55. The van der Waals surface area contributed by atoms with Gasteiger partial charge in [0.15, 0.2) is 0 Å². The molecule has 0 radical (unpaired) electrons. The molecule has 2 aromatic rings. The summed E-state index contributed by atoms with van der Waals surface area (Å²) in [5.74, 6) is -0.759. The van der Waals surface area contributed by atoms with Gasteiger partial charge in [0.25, 0.3) is 6.43 Å². The third-order valence-corrected chi connectivity index (χ3v) is 3.73. The summed E-state index contributed by atoms with van der Waals surface area (Å²) >= 11 is 0. The van der Waals surface area contributed by atoms with Gasteiger partial charge in [0.2, 0.25) is 5.91 Å². The van der Waals surface area contributed by atoms with Crippen LogP contribution in [0.15, 0.2) is 54.9 Å². The molecule has 138 valence electrons. The van der Waals surface area contributed by atoms with E-state index in [1.54, 1.807) is 42.5 Å². The highest BCUT2D eigenvalue weighted by Crippen LogP contribution is 2.14. The number of carboxylic acid groups (broad SMARTS) is 1. The van der Waals surface area contributed by atoms with Gasteiger partial charge in [-0.05, 0) is 23.3 Å². The van der Waals surface area contributed by atoms with E-state index in [-0.39, 0.29) is 13.0 Å². The Morgan fingerprint density at radius 2 is 1.73 bits per heavy atom. The Labute approximate surface area is 149 Å². The summed E-state index contributed by atoms with van der Waals surface area (Å²) < 4.78 is 24.9. The largest absolute Gasteiger partial charge is 0.465 e. The van der Waals surface area contributed by atoms with Crippen LogP contribution in [0, 0.1) is 0 Å². The minimum atomic E-state index is -2.71. The molecule has 1 aromatic heterocycles. The average Bonchev–Trinajstić information content (AvgIpc) is 2.64. The number of nitrogens with zero attached hydrogens (tertiary/aromatic N) is 2. The van der Waals surface area contributed by atoms with E-state index in [1.165, 1.54) is 12.4 Å². The number of rotatable bonds is 8. The van der Waals surface area contributed by atoms with Gasteiger partial charge in [0, 0.05) is 25.4 Å². The highest BCUT2D eigenvalue weighted by molar-refractivity contribution is 5.85. The number of alkyl halides is 2. The van der Waals surface area contributed by atoms with Crippen LogP contribution < -0.4 is 5.32 Å². The van der Waals surface area contributed by atoms with Crippen molar-refractivity contribution >= 4 is 12.0 Å². The highest BCUT2D eigenvalue weighted by Gasteiger charge is 2.30. The van der Waals surface area contributed by atoms with Crippen molar-refractivity contribution in [3.8, 4) is 0 Å². The first-order chi connectivity index (χ1) is 12.5. The molecule has 0 spiro atoms. The molecule has 8 heteroatoms. The van der Waals surface area contributed by atoms with Crippen LogP contribution in [-0.4, -0.2) is 46.0 Å². The lowest BCUT2D eigenvalue weighted by Gasteiger charge is -2.28. The number of amides is 2. The van der Waals surface area contributed by atoms with E-state index in [4.69, 9.17) is 0 Å². The number of pyridine rings is 1. The van der Waals surface area contributed by atoms with Crippen molar-refractivity contribution in [2.45, 2.75) is 25.4 Å². The molecule has 1 aromatic carbocycles. The van der Waals surface area contributed by atoms with E-state index in [1.807, 2.05) is 0 Å². The molecule has 2 amide bonds. The number of hydrogen-bond acceptors (Lipinski definition) is 3. The third-order valence-electron chi connectivity index (χ3n) is 3.73. The van der Waals surface area contributed by atoms with Crippen molar-refractivity contribution < 1.29 is 23.5 Å². The monoisotopic (exact) mass is 363 g/mol. The average molecular weight is 363 g/mol. The van der Waals surface area contributed by atoms with Crippen molar-refractivity contribution in [1.29, 1.82) is 0 Å². The first kappa shape index (κ1) is 19.3. The molecule has 0 unspecified atom stereocenters. The highest BCUT2D eigenvalue weighted by atomic mass is 19.3. The molecule has 1 atom stereocenters. The summed E-state index contributed by atoms with van der Waals surface area (Å²) in [4.78, 5) is 29.0. The normalized spacial score (nSPS) is 11.8. The van der Waals surface area contributed by atoms with Gasteiger partial charge in [0.05, 0.1) is 6.54 Å². The Morgan fingerprint density at radius 1 is 1.08 bits per heavy atom. The zero-order valence-corrected chi connectivity index (χ0v) is 13.9. The fraction of sp³-hybridized carbons (Fsp3) is 0.278. The number of hydrogen-bond donors (Lipinski definition) is 2. The van der Waals surface area contributed by atoms with Gasteiger partial charge in [0.1, 0.15) is 6.04 Å². The molecule has 0 saturated heterocycles. The summed E-state index contributed by atoms with van der Waals surface area (Å²) in [5, 5.41) is 11.7. The first-order valence-electron chi connectivity index (χ1n) is 7.95. The molecule has 26 heavy (non-hydrogen) atoms. The molecule has 0 bridgehead atoms. The molecule has 6 nitrogen and oxygen atoms in total. The topological polar surface area (TPSA) is 82.5 Å². The molecule has 0 fully saturated rings. The lowest BCUT2D eigenvalue weighted by atomic mass is 10.0. The zero-order chi connectivity index (χ0) is 18.9. The van der Waals surface area contributed by atoms with Gasteiger partial charge < -0.3 is 10.4 Å². The van der Waals surface area contributed by atoms with E-state index < -0.39 is 31.0 Å². The summed E-state index contributed by atoms with van der Waals surface area (Å²) in [7, 11) is 0. The SMILES string of the molecule is O=C(NCC(F)F)[C@H](Cc1ccccc1)N(Cc1ccncc1)C(=O)O. The second kappa shape index (κ2) is 9.45. The molecule has 2 N–H and O–H groups in total. The Hall–Kier alpha value is -3.03. The molecule has 0 saturated carbocycles. The molecule has 0 aliphatic carbocycles. The van der Waals surface area contributed by atoms with Crippen molar-refractivity contribution in [1.82, 2.24) is 15.2 Å². The van der Waals surface area contributed by atoms with Gasteiger partial charge in [-0.2, -0.15) is 0 Å². The lowest BCUT2D eigenvalue weighted by molar-refractivity contribution is -0.126. The molecule has 1 heterocycles. The Morgan fingerprint density at radius 3 is 2.31 bits per heavy atom. The minimum absolute atomic E-state index is 0.0581. The molecule has 0 aliphatic heterocycles. The number of carbonyl (C=O) groups excluding carboxylic acids is 1. The van der Waals surface area contributed by atoms with E-state index in [0.29, 0.717) is 5.56 Å². The van der Waals surface area contributed by atoms with Crippen molar-refractivity contribution in [3.05, 3.63) is 66.0 Å². The lowest BCUT2D eigenvalue weighted by Crippen LogP contribution is -2.50. The maximum atomic E-state index is 12.4. The fourth-order valence-corrected chi connectivity index (χ4v) is 2.47. The molecular formula is C18H19F2N3O3. The van der Waals surface area contributed by atoms with Crippen molar-refractivity contribution in [2.75, 3.05) is 6.54 Å². The summed E-state index contributed by atoms with van der Waals surface area (Å²) in [6.07, 6.45) is -0.922. The smallest absolute Gasteiger partial charge is 0.408 e. The Kier molecular flexibility index (Phi) is 7.02. The van der Waals surface area contributed by atoms with Crippen LogP contribution in [0.1, 0.15) is 11.1 Å². The van der Waals surface area contributed by atoms with Gasteiger partial charge in [-0.15, -0.1) is 0 Å². The predicted molar refractivity (Wildman–Crippen MR) is 90.8 cm³/mol. The fourth-order valence-electron chi connectivity index (χ4n) is 2.47. The summed E-state index contributed by atoms with van der Waals surface area (Å²) in [6.45, 7) is -0.885. The molecule has 2 rings (SSSR count). The van der Waals surface area contributed by atoms with Crippen LogP contribution in [0.25, 0.3) is 0 Å². The number of benzene rings is 1. The quantitative estimate of drug-likeness (QED) is 0.755. The van der Waals surface area contributed by atoms with Crippen molar-refractivity contribution in [3.63, 3.8) is 0 Å². The number of nitrogens with one attached hydrogen (secondary N) is 1. The zero-order valence-electron chi connectivity index (χ0n) is 13.9. The van der Waals surface area contributed by atoms with Gasteiger partial charge in [-0.3, -0.25) is 14.7 Å². The van der Waals surface area contributed by atoms with Crippen molar-refractivity contribution in [2.24, 2.45) is 0 Å². The Balaban J connectivity index is 2.25. The van der Waals surface area contributed by atoms with E-state index in [2.05, 4.69) is 10.3 Å². The van der Waals surface area contributed by atoms with Gasteiger partial charge in [-0.1, -0.05) is 30.3 Å². The van der Waals surface area contributed by atoms with Crippen LogP contribution in [0.2, 0.25) is 0 Å². The van der Waals surface area contributed by atoms with Crippen LogP contribution in [0.5, 0.6) is 0 Å². The van der Waals surface area contributed by atoms with E-state index >= 15 is 0 Å². The number of carbonyl (C=O) groups is 2. The Bertz CT molecular complexity index is 714. The van der Waals surface area contributed by atoms with Crippen LogP contribution in [0.4, 0.5) is 13.6 Å². The summed E-state index contributed by atoms with van der Waals surface area (Å²) in [5.41, 5.74) is 1.37. The maximum Gasteiger partial charge on any atom is 0.408 e. The minimum Gasteiger partial charge on any atom is -0.465 e.